The van der Waals surface area contributed by atoms with Gasteiger partial charge in [0.25, 0.3) is 0 Å². The van der Waals surface area contributed by atoms with Gasteiger partial charge in [0.05, 0.1) is 11.0 Å². The molecule has 0 unspecified atom stereocenters. The first-order valence-corrected chi connectivity index (χ1v) is 5.46. The molecule has 0 atom stereocenters. The van der Waals surface area contributed by atoms with Crippen molar-refractivity contribution in [3.05, 3.63) is 29.6 Å². The summed E-state index contributed by atoms with van der Waals surface area (Å²) in [6.45, 7) is 3.14. The van der Waals surface area contributed by atoms with E-state index in [1.165, 1.54) is 0 Å². The van der Waals surface area contributed by atoms with E-state index in [4.69, 9.17) is 5.73 Å². The topological polar surface area (TPSA) is 55.1 Å². The lowest BCUT2D eigenvalue weighted by molar-refractivity contribution is -0.140. The summed E-state index contributed by atoms with van der Waals surface area (Å²) in [6.07, 6.45) is -4.81. The largest absolute Gasteiger partial charge is 0.419 e. The highest BCUT2D eigenvalue weighted by Gasteiger charge is 2.34. The van der Waals surface area contributed by atoms with E-state index in [1.807, 2.05) is 0 Å². The van der Waals surface area contributed by atoms with Crippen LogP contribution in [0.25, 0.3) is 0 Å². The number of halogens is 4. The van der Waals surface area contributed by atoms with E-state index in [-0.39, 0.29) is 12.2 Å². The molecule has 0 aliphatic carbocycles. The number of hydrogen-bond acceptors (Lipinski definition) is 2. The maximum Gasteiger partial charge on any atom is 0.419 e. The molecule has 0 fully saturated rings. The Morgan fingerprint density at radius 1 is 1.32 bits per heavy atom. The van der Waals surface area contributed by atoms with E-state index in [0.29, 0.717) is 12.1 Å². The first kappa shape index (κ1) is 15.4. The lowest BCUT2D eigenvalue weighted by atomic mass is 9.92. The van der Waals surface area contributed by atoms with E-state index >= 15 is 0 Å². The molecule has 3 nitrogen and oxygen atoms in total. The first-order chi connectivity index (χ1) is 8.58. The van der Waals surface area contributed by atoms with Gasteiger partial charge in [0.2, 0.25) is 5.91 Å². The van der Waals surface area contributed by atoms with Gasteiger partial charge in [-0.15, -0.1) is 0 Å². The van der Waals surface area contributed by atoms with Crippen molar-refractivity contribution in [1.29, 1.82) is 0 Å². The van der Waals surface area contributed by atoms with E-state index in [1.54, 1.807) is 13.8 Å². The third-order valence-corrected chi connectivity index (χ3v) is 2.65. The quantitative estimate of drug-likeness (QED) is 0.835. The number of anilines is 1. The van der Waals surface area contributed by atoms with Gasteiger partial charge in [0.15, 0.2) is 0 Å². The minimum absolute atomic E-state index is 0.0339. The fourth-order valence-electron chi connectivity index (χ4n) is 1.21. The van der Waals surface area contributed by atoms with Gasteiger partial charge in [-0.3, -0.25) is 4.79 Å². The van der Waals surface area contributed by atoms with E-state index in [9.17, 15) is 22.4 Å². The molecule has 0 aliphatic rings. The highest BCUT2D eigenvalue weighted by atomic mass is 19.4. The molecule has 1 rings (SSSR count). The van der Waals surface area contributed by atoms with Gasteiger partial charge >= 0.3 is 6.18 Å². The number of nitrogens with one attached hydrogen (secondary N) is 1. The van der Waals surface area contributed by atoms with Crippen molar-refractivity contribution in [1.82, 2.24) is 0 Å². The van der Waals surface area contributed by atoms with Crippen molar-refractivity contribution in [3.63, 3.8) is 0 Å². The molecule has 0 saturated carbocycles. The van der Waals surface area contributed by atoms with Crippen LogP contribution in [0.3, 0.4) is 0 Å². The average molecular weight is 278 g/mol. The lowest BCUT2D eigenvalue weighted by Crippen LogP contribution is -2.37. The number of carbonyl (C=O) groups excluding carboxylic acids is 1. The highest BCUT2D eigenvalue weighted by molar-refractivity contribution is 5.95. The molecule has 1 aromatic carbocycles. The Morgan fingerprint density at radius 2 is 1.89 bits per heavy atom. The SMILES string of the molecule is CC(C)(CN)C(=O)Nc1ccc(F)c(C(F)(F)F)c1. The predicted octanol–water partition coefficient (Wildman–Crippen LogP) is 2.77. The van der Waals surface area contributed by atoms with E-state index in [0.717, 1.165) is 6.07 Å². The zero-order valence-corrected chi connectivity index (χ0v) is 10.4. The molecule has 1 aromatic rings. The molecular weight excluding hydrogens is 264 g/mol. The predicted molar refractivity (Wildman–Crippen MR) is 62.9 cm³/mol. The number of nitrogens with two attached hydrogens (primary N) is 1. The molecular formula is C12H14F4N2O. The molecule has 0 bridgehead atoms. The van der Waals surface area contributed by atoms with Gasteiger partial charge in [-0.05, 0) is 32.0 Å². The molecule has 106 valence electrons. The second kappa shape index (κ2) is 5.16. The Labute approximate surface area is 107 Å². The second-order valence-electron chi connectivity index (χ2n) is 4.73. The Balaban J connectivity index is 3.02. The molecule has 0 saturated heterocycles. The number of rotatable bonds is 3. The van der Waals surface area contributed by atoms with Crippen molar-refractivity contribution in [3.8, 4) is 0 Å². The molecule has 7 heteroatoms. The smallest absolute Gasteiger partial charge is 0.329 e. The molecule has 3 N–H and O–H groups in total. The number of carbonyl (C=O) groups is 1. The highest BCUT2D eigenvalue weighted by Crippen LogP contribution is 2.33. The van der Waals surface area contributed by atoms with Crippen LogP contribution in [0.2, 0.25) is 0 Å². The Kier molecular flexibility index (Phi) is 4.19. The number of benzene rings is 1. The Bertz CT molecular complexity index is 483. The number of hydrogen-bond donors (Lipinski definition) is 2. The molecule has 1 amide bonds. The summed E-state index contributed by atoms with van der Waals surface area (Å²) in [5.41, 5.74) is 2.91. The first-order valence-electron chi connectivity index (χ1n) is 5.46. The van der Waals surface area contributed by atoms with Crippen molar-refractivity contribution in [2.24, 2.45) is 11.1 Å². The second-order valence-corrected chi connectivity index (χ2v) is 4.73. The molecule has 19 heavy (non-hydrogen) atoms. The van der Waals surface area contributed by atoms with Gasteiger partial charge in [0, 0.05) is 12.2 Å². The summed E-state index contributed by atoms with van der Waals surface area (Å²) in [5, 5.41) is 2.29. The van der Waals surface area contributed by atoms with Crippen molar-refractivity contribution in [2.75, 3.05) is 11.9 Å². The molecule has 0 aromatic heterocycles. The summed E-state index contributed by atoms with van der Waals surface area (Å²) in [6, 6.07) is 2.28. The van der Waals surface area contributed by atoms with Crippen molar-refractivity contribution < 1.29 is 22.4 Å². The average Bonchev–Trinajstić information content (AvgIpc) is 2.30. The van der Waals surface area contributed by atoms with Crippen LogP contribution < -0.4 is 11.1 Å². The molecule has 0 radical (unpaired) electrons. The van der Waals surface area contributed by atoms with Crippen LogP contribution in [0, 0.1) is 11.2 Å². The van der Waals surface area contributed by atoms with E-state index in [2.05, 4.69) is 5.32 Å². The zero-order valence-electron chi connectivity index (χ0n) is 10.4. The van der Waals surface area contributed by atoms with Gasteiger partial charge in [-0.25, -0.2) is 4.39 Å². The molecule has 0 spiro atoms. The minimum Gasteiger partial charge on any atom is -0.329 e. The van der Waals surface area contributed by atoms with Crippen LogP contribution in [-0.4, -0.2) is 12.5 Å². The number of amides is 1. The maximum atomic E-state index is 13.1. The van der Waals surface area contributed by atoms with Crippen LogP contribution in [-0.2, 0) is 11.0 Å². The van der Waals surface area contributed by atoms with Crippen LogP contribution in [0.15, 0.2) is 18.2 Å². The van der Waals surface area contributed by atoms with Crippen molar-refractivity contribution >= 4 is 11.6 Å². The van der Waals surface area contributed by atoms with Crippen LogP contribution in [0.4, 0.5) is 23.2 Å². The van der Waals surface area contributed by atoms with Crippen LogP contribution in [0.5, 0.6) is 0 Å². The zero-order chi connectivity index (χ0) is 14.8. The van der Waals surface area contributed by atoms with Gasteiger partial charge in [0.1, 0.15) is 5.82 Å². The summed E-state index contributed by atoms with van der Waals surface area (Å²) in [4.78, 5) is 11.7. The van der Waals surface area contributed by atoms with Gasteiger partial charge in [-0.2, -0.15) is 13.2 Å². The van der Waals surface area contributed by atoms with Gasteiger partial charge < -0.3 is 11.1 Å². The Morgan fingerprint density at radius 3 is 2.37 bits per heavy atom. The Hall–Kier alpha value is -1.63. The molecule has 0 aliphatic heterocycles. The van der Waals surface area contributed by atoms with Crippen molar-refractivity contribution in [2.45, 2.75) is 20.0 Å². The summed E-state index contributed by atoms with van der Waals surface area (Å²) < 4.78 is 50.5. The lowest BCUT2D eigenvalue weighted by Gasteiger charge is -2.21. The summed E-state index contributed by atoms with van der Waals surface area (Å²) in [5.74, 6) is -1.92. The monoisotopic (exact) mass is 278 g/mol. The standard InChI is InChI=1S/C12H14F4N2O/c1-11(2,6-17)10(19)18-7-3-4-9(13)8(5-7)12(14,15)16/h3-5H,6,17H2,1-2H3,(H,18,19). The minimum atomic E-state index is -4.81. The fourth-order valence-corrected chi connectivity index (χ4v) is 1.21. The van der Waals surface area contributed by atoms with Crippen LogP contribution in [0.1, 0.15) is 19.4 Å². The molecule has 0 heterocycles. The van der Waals surface area contributed by atoms with Crippen LogP contribution >= 0.6 is 0 Å². The summed E-state index contributed by atoms with van der Waals surface area (Å²) in [7, 11) is 0. The third kappa shape index (κ3) is 3.66. The summed E-state index contributed by atoms with van der Waals surface area (Å²) >= 11 is 0. The fraction of sp³-hybridized carbons (Fsp3) is 0.417. The number of alkyl halides is 3. The normalized spacial score (nSPS) is 12.4. The third-order valence-electron chi connectivity index (χ3n) is 2.65. The van der Waals surface area contributed by atoms with Gasteiger partial charge in [-0.1, -0.05) is 0 Å². The van der Waals surface area contributed by atoms with E-state index < -0.39 is 28.9 Å². The maximum absolute atomic E-state index is 13.1.